The van der Waals surface area contributed by atoms with Gasteiger partial charge in [-0.2, -0.15) is 0 Å². The van der Waals surface area contributed by atoms with Gasteiger partial charge in [0.25, 0.3) is 5.91 Å². The van der Waals surface area contributed by atoms with Crippen LogP contribution in [-0.4, -0.2) is 44.9 Å². The molecule has 0 bridgehead atoms. The average Bonchev–Trinajstić information content (AvgIpc) is 2.79. The number of piperidine rings is 1. The van der Waals surface area contributed by atoms with Crippen LogP contribution in [0.3, 0.4) is 0 Å². The Morgan fingerprint density at radius 1 is 1.19 bits per heavy atom. The molecule has 0 spiro atoms. The molecule has 1 aromatic carbocycles. The fourth-order valence-electron chi connectivity index (χ4n) is 4.18. The number of nitrogens with one attached hydrogen (secondary N) is 1. The maximum absolute atomic E-state index is 14.0. The molecular formula is C24H25F2N5O. The Balaban J connectivity index is 1.62. The van der Waals surface area contributed by atoms with Crippen LogP contribution in [0.15, 0.2) is 48.9 Å². The van der Waals surface area contributed by atoms with Crippen LogP contribution >= 0.6 is 0 Å². The van der Waals surface area contributed by atoms with Crippen molar-refractivity contribution >= 4 is 11.7 Å². The van der Waals surface area contributed by atoms with Gasteiger partial charge in [0.15, 0.2) is 17.5 Å². The van der Waals surface area contributed by atoms with Crippen LogP contribution in [0.4, 0.5) is 14.6 Å². The second-order valence-corrected chi connectivity index (χ2v) is 8.17. The maximum Gasteiger partial charge on any atom is 0.254 e. The van der Waals surface area contributed by atoms with Gasteiger partial charge >= 0.3 is 0 Å². The topological polar surface area (TPSA) is 71.0 Å². The first-order valence-electron chi connectivity index (χ1n) is 10.7. The molecule has 1 aliphatic rings. The molecule has 1 amide bonds. The number of benzene rings is 1. The number of nitrogens with zero attached hydrogens (tertiary/aromatic N) is 4. The smallest absolute Gasteiger partial charge is 0.254 e. The number of aromatic nitrogens is 3. The van der Waals surface area contributed by atoms with E-state index in [0.717, 1.165) is 30.7 Å². The van der Waals surface area contributed by atoms with Gasteiger partial charge in [-0.1, -0.05) is 24.6 Å². The molecule has 2 aromatic heterocycles. The van der Waals surface area contributed by atoms with Gasteiger partial charge < -0.3 is 10.2 Å². The zero-order valence-corrected chi connectivity index (χ0v) is 18.1. The Labute approximate surface area is 185 Å². The van der Waals surface area contributed by atoms with Crippen molar-refractivity contribution in [2.75, 3.05) is 18.4 Å². The van der Waals surface area contributed by atoms with E-state index in [1.807, 2.05) is 30.0 Å². The number of anilines is 1. The summed E-state index contributed by atoms with van der Waals surface area (Å²) in [5, 5.41) is 2.96. The molecule has 3 aromatic rings. The molecule has 0 aliphatic carbocycles. The highest BCUT2D eigenvalue weighted by atomic mass is 19.1. The van der Waals surface area contributed by atoms with Crippen molar-refractivity contribution < 1.29 is 13.6 Å². The molecule has 1 aliphatic heterocycles. The number of rotatable bonds is 5. The first-order valence-corrected chi connectivity index (χ1v) is 10.7. The fourth-order valence-corrected chi connectivity index (χ4v) is 4.18. The van der Waals surface area contributed by atoms with E-state index in [4.69, 9.17) is 0 Å². The molecule has 3 heterocycles. The molecular weight excluding hydrogens is 412 g/mol. The van der Waals surface area contributed by atoms with Gasteiger partial charge in [-0.05, 0) is 37.8 Å². The van der Waals surface area contributed by atoms with Crippen LogP contribution in [-0.2, 0) is 0 Å². The van der Waals surface area contributed by atoms with Crippen molar-refractivity contribution in [3.8, 4) is 11.4 Å². The summed E-state index contributed by atoms with van der Waals surface area (Å²) in [6, 6.07) is 8.02. The van der Waals surface area contributed by atoms with E-state index in [0.29, 0.717) is 30.0 Å². The van der Waals surface area contributed by atoms with Crippen molar-refractivity contribution in [3.63, 3.8) is 0 Å². The number of hydrogen-bond acceptors (Lipinski definition) is 5. The van der Waals surface area contributed by atoms with Crippen molar-refractivity contribution in [2.45, 2.75) is 32.7 Å². The summed E-state index contributed by atoms with van der Waals surface area (Å²) in [4.78, 5) is 28.0. The van der Waals surface area contributed by atoms with Crippen molar-refractivity contribution in [1.82, 2.24) is 19.9 Å². The molecule has 1 fully saturated rings. The van der Waals surface area contributed by atoms with Gasteiger partial charge in [-0.15, -0.1) is 0 Å². The highest BCUT2D eigenvalue weighted by molar-refractivity contribution is 6.00. The summed E-state index contributed by atoms with van der Waals surface area (Å²) in [7, 11) is 0. The van der Waals surface area contributed by atoms with E-state index >= 15 is 0 Å². The molecule has 0 saturated carbocycles. The standard InChI is InChI=1S/C24H25F2N5O/c1-15-6-7-18(22-27-8-4-9-28-22)19(11-15)24(32)31-10-3-5-16(2)21(31)14-30-23-20(26)12-17(25)13-29-23/h4,6-9,11-13,16,21H,3,5,10,14H2,1-2H3,(H,29,30)/t16-,21-/m1/s1. The molecule has 1 saturated heterocycles. The Hall–Kier alpha value is -3.42. The van der Waals surface area contributed by atoms with Crippen LogP contribution < -0.4 is 5.32 Å². The van der Waals surface area contributed by atoms with E-state index in [9.17, 15) is 13.6 Å². The highest BCUT2D eigenvalue weighted by Crippen LogP contribution is 2.29. The molecule has 2 atom stereocenters. The Kier molecular flexibility index (Phi) is 6.39. The molecule has 0 unspecified atom stereocenters. The number of pyridine rings is 1. The number of likely N-dealkylation sites (tertiary alicyclic amines) is 1. The summed E-state index contributed by atoms with van der Waals surface area (Å²) in [6.45, 7) is 4.92. The third-order valence-corrected chi connectivity index (χ3v) is 5.88. The van der Waals surface area contributed by atoms with Crippen LogP contribution in [0.5, 0.6) is 0 Å². The maximum atomic E-state index is 14.0. The summed E-state index contributed by atoms with van der Waals surface area (Å²) in [5.74, 6) is -0.926. The number of halogens is 2. The summed E-state index contributed by atoms with van der Waals surface area (Å²) >= 11 is 0. The first-order chi connectivity index (χ1) is 15.4. The zero-order chi connectivity index (χ0) is 22.7. The van der Waals surface area contributed by atoms with E-state index < -0.39 is 11.6 Å². The van der Waals surface area contributed by atoms with Crippen LogP contribution in [0.1, 0.15) is 35.7 Å². The molecule has 8 heteroatoms. The third-order valence-electron chi connectivity index (χ3n) is 5.88. The molecule has 6 nitrogen and oxygen atoms in total. The Morgan fingerprint density at radius 2 is 1.97 bits per heavy atom. The number of hydrogen-bond donors (Lipinski definition) is 1. The predicted molar refractivity (Wildman–Crippen MR) is 118 cm³/mol. The van der Waals surface area contributed by atoms with Crippen LogP contribution in [0.2, 0.25) is 0 Å². The predicted octanol–water partition coefficient (Wildman–Crippen LogP) is 4.48. The second kappa shape index (κ2) is 9.38. The highest BCUT2D eigenvalue weighted by Gasteiger charge is 2.33. The molecule has 32 heavy (non-hydrogen) atoms. The normalized spacial score (nSPS) is 18.4. The Bertz CT molecular complexity index is 1110. The number of carbonyl (C=O) groups excluding carboxylic acids is 1. The van der Waals surface area contributed by atoms with Gasteiger partial charge in [-0.25, -0.2) is 23.7 Å². The minimum absolute atomic E-state index is 0.0227. The van der Waals surface area contributed by atoms with Crippen LogP contribution in [0, 0.1) is 24.5 Å². The van der Waals surface area contributed by atoms with Crippen LogP contribution in [0.25, 0.3) is 11.4 Å². The van der Waals surface area contributed by atoms with E-state index in [2.05, 4.69) is 27.2 Å². The van der Waals surface area contributed by atoms with Crippen molar-refractivity contribution in [2.24, 2.45) is 5.92 Å². The lowest BCUT2D eigenvalue weighted by Crippen LogP contribution is -2.51. The third kappa shape index (κ3) is 4.59. The lowest BCUT2D eigenvalue weighted by Gasteiger charge is -2.40. The number of amides is 1. The van der Waals surface area contributed by atoms with Crippen molar-refractivity contribution in [3.05, 3.63) is 71.7 Å². The van der Waals surface area contributed by atoms with Gasteiger partial charge in [0.2, 0.25) is 0 Å². The second-order valence-electron chi connectivity index (χ2n) is 8.17. The van der Waals surface area contributed by atoms with E-state index in [1.54, 1.807) is 18.5 Å². The number of aryl methyl sites for hydroxylation is 1. The quantitative estimate of drug-likeness (QED) is 0.637. The summed E-state index contributed by atoms with van der Waals surface area (Å²) < 4.78 is 27.2. The largest absolute Gasteiger partial charge is 0.366 e. The average molecular weight is 437 g/mol. The minimum Gasteiger partial charge on any atom is -0.366 e. The van der Waals surface area contributed by atoms with Gasteiger partial charge in [0.05, 0.1) is 17.8 Å². The van der Waals surface area contributed by atoms with Crippen molar-refractivity contribution in [1.29, 1.82) is 0 Å². The SMILES string of the molecule is Cc1ccc(-c2ncccn2)c(C(=O)N2CCC[C@@H](C)[C@H]2CNc2ncc(F)cc2F)c1. The molecule has 4 rings (SSSR count). The fraction of sp³-hybridized carbons (Fsp3) is 0.333. The first kappa shape index (κ1) is 21.8. The molecule has 0 radical (unpaired) electrons. The van der Waals surface area contributed by atoms with E-state index in [-0.39, 0.29) is 23.7 Å². The molecule has 1 N–H and O–H groups in total. The summed E-state index contributed by atoms with van der Waals surface area (Å²) in [6.07, 6.45) is 6.11. The lowest BCUT2D eigenvalue weighted by atomic mass is 9.89. The zero-order valence-electron chi connectivity index (χ0n) is 18.1. The molecule has 166 valence electrons. The van der Waals surface area contributed by atoms with Gasteiger partial charge in [-0.3, -0.25) is 4.79 Å². The number of carbonyl (C=O) groups is 1. The van der Waals surface area contributed by atoms with Gasteiger partial charge in [0.1, 0.15) is 5.82 Å². The summed E-state index contributed by atoms with van der Waals surface area (Å²) in [5.41, 5.74) is 2.18. The monoisotopic (exact) mass is 437 g/mol. The minimum atomic E-state index is -0.756. The Morgan fingerprint density at radius 3 is 2.72 bits per heavy atom. The lowest BCUT2D eigenvalue weighted by molar-refractivity contribution is 0.0540. The van der Waals surface area contributed by atoms with E-state index in [1.165, 1.54) is 0 Å². The van der Waals surface area contributed by atoms with Gasteiger partial charge in [0, 0.05) is 37.1 Å².